The number of thiol groups is 1. The van der Waals surface area contributed by atoms with Gasteiger partial charge in [-0.25, -0.2) is 4.39 Å². The Kier molecular flexibility index (Phi) is 1.78. The van der Waals surface area contributed by atoms with Crippen LogP contribution in [0.4, 0.5) is 10.1 Å². The van der Waals surface area contributed by atoms with E-state index in [1.54, 1.807) is 6.07 Å². The molecule has 1 aliphatic carbocycles. The van der Waals surface area contributed by atoms with Gasteiger partial charge in [0.25, 0.3) is 0 Å². The van der Waals surface area contributed by atoms with Crippen LogP contribution in [0.1, 0.15) is 6.42 Å². The molecule has 3 rings (SSSR count). The highest BCUT2D eigenvalue weighted by molar-refractivity contribution is 7.80. The Morgan fingerprint density at radius 2 is 2.00 bits per heavy atom. The molecule has 1 aromatic rings. The molecule has 1 saturated heterocycles. The number of halogens is 1. The summed E-state index contributed by atoms with van der Waals surface area (Å²) in [5, 5.41) is 0. The predicted molar refractivity (Wildman–Crippen MR) is 57.5 cm³/mol. The second kappa shape index (κ2) is 2.89. The first-order valence-corrected chi connectivity index (χ1v) is 5.42. The molecule has 0 N–H and O–H groups in total. The van der Waals surface area contributed by atoms with Crippen LogP contribution in [0.2, 0.25) is 0 Å². The Balaban J connectivity index is 1.91. The molecule has 2 atom stereocenters. The largest absolute Gasteiger partial charge is 0.369 e. The minimum atomic E-state index is -0.121. The van der Waals surface area contributed by atoms with Crippen molar-refractivity contribution in [3.63, 3.8) is 0 Å². The Hall–Kier alpha value is -0.700. The summed E-state index contributed by atoms with van der Waals surface area (Å²) in [7, 11) is 0. The summed E-state index contributed by atoms with van der Waals surface area (Å²) >= 11 is 4.23. The topological polar surface area (TPSA) is 3.24 Å². The Morgan fingerprint density at radius 3 is 2.71 bits per heavy atom. The fourth-order valence-electron chi connectivity index (χ4n) is 2.34. The van der Waals surface area contributed by atoms with Gasteiger partial charge in [0.15, 0.2) is 0 Å². The molecule has 0 spiro atoms. The molecule has 14 heavy (non-hydrogen) atoms. The smallest absolute Gasteiger partial charge is 0.146 e. The number of benzene rings is 1. The van der Waals surface area contributed by atoms with Gasteiger partial charge in [-0.2, -0.15) is 0 Å². The summed E-state index contributed by atoms with van der Waals surface area (Å²) in [6, 6.07) is 5.02. The van der Waals surface area contributed by atoms with Crippen LogP contribution in [0.15, 0.2) is 23.1 Å². The van der Waals surface area contributed by atoms with E-state index in [2.05, 4.69) is 17.5 Å². The molecular formula is C11H12FNS. The number of hydrogen-bond acceptors (Lipinski definition) is 2. The van der Waals surface area contributed by atoms with Crippen molar-refractivity contribution in [2.75, 3.05) is 18.0 Å². The highest BCUT2D eigenvalue weighted by Gasteiger charge is 2.45. The van der Waals surface area contributed by atoms with Crippen molar-refractivity contribution < 1.29 is 4.39 Å². The molecule has 1 heterocycles. The van der Waals surface area contributed by atoms with Crippen molar-refractivity contribution in [3.8, 4) is 0 Å². The zero-order valence-electron chi connectivity index (χ0n) is 7.78. The van der Waals surface area contributed by atoms with Crippen molar-refractivity contribution in [3.05, 3.63) is 24.0 Å². The minimum Gasteiger partial charge on any atom is -0.369 e. The SMILES string of the molecule is Fc1ccc(S)cc1N1CC2CC2C1. The van der Waals surface area contributed by atoms with Crippen LogP contribution in [0, 0.1) is 17.7 Å². The highest BCUT2D eigenvalue weighted by Crippen LogP contribution is 2.46. The number of fused-ring (bicyclic) bond motifs is 1. The summed E-state index contributed by atoms with van der Waals surface area (Å²) in [4.78, 5) is 2.98. The molecule has 2 fully saturated rings. The van der Waals surface area contributed by atoms with Gasteiger partial charge in [-0.05, 0) is 36.5 Å². The maximum atomic E-state index is 13.5. The van der Waals surface area contributed by atoms with Crippen molar-refractivity contribution in [1.82, 2.24) is 0 Å². The van der Waals surface area contributed by atoms with E-state index in [1.807, 2.05) is 6.07 Å². The van der Waals surface area contributed by atoms with E-state index in [9.17, 15) is 4.39 Å². The lowest BCUT2D eigenvalue weighted by atomic mass is 10.2. The number of nitrogens with zero attached hydrogens (tertiary/aromatic N) is 1. The fourth-order valence-corrected chi connectivity index (χ4v) is 2.54. The molecule has 2 unspecified atom stereocenters. The van der Waals surface area contributed by atoms with Crippen LogP contribution in [-0.2, 0) is 0 Å². The third-order valence-electron chi connectivity index (χ3n) is 3.25. The summed E-state index contributed by atoms with van der Waals surface area (Å²) in [5.74, 6) is 1.54. The lowest BCUT2D eigenvalue weighted by Crippen LogP contribution is -2.22. The van der Waals surface area contributed by atoms with E-state index in [1.165, 1.54) is 12.5 Å². The van der Waals surface area contributed by atoms with Crippen LogP contribution >= 0.6 is 12.6 Å². The second-order valence-corrected chi connectivity index (χ2v) is 4.81. The molecule has 1 aliphatic heterocycles. The Labute approximate surface area is 88.3 Å². The van der Waals surface area contributed by atoms with Gasteiger partial charge >= 0.3 is 0 Å². The Morgan fingerprint density at radius 1 is 1.29 bits per heavy atom. The van der Waals surface area contributed by atoms with E-state index in [0.717, 1.165) is 35.5 Å². The van der Waals surface area contributed by atoms with E-state index in [0.29, 0.717) is 0 Å². The monoisotopic (exact) mass is 209 g/mol. The molecule has 1 aromatic carbocycles. The van der Waals surface area contributed by atoms with Crippen LogP contribution in [0.25, 0.3) is 0 Å². The number of hydrogen-bond donors (Lipinski definition) is 1. The lowest BCUT2D eigenvalue weighted by molar-refractivity contribution is 0.618. The first kappa shape index (κ1) is 8.60. The van der Waals surface area contributed by atoms with Crippen LogP contribution < -0.4 is 4.90 Å². The normalized spacial score (nSPS) is 29.1. The van der Waals surface area contributed by atoms with Gasteiger partial charge in [0.2, 0.25) is 0 Å². The van der Waals surface area contributed by atoms with Gasteiger partial charge in [-0.1, -0.05) is 0 Å². The fraction of sp³-hybridized carbons (Fsp3) is 0.455. The standard InChI is InChI=1S/C11H12FNS/c12-10-2-1-9(14)4-11(10)13-5-7-3-8(7)6-13/h1-2,4,7-8,14H,3,5-6H2. The van der Waals surface area contributed by atoms with E-state index >= 15 is 0 Å². The Bertz CT molecular complexity index is 370. The first-order chi connectivity index (χ1) is 6.74. The van der Waals surface area contributed by atoms with Crippen molar-refractivity contribution in [2.24, 2.45) is 11.8 Å². The maximum Gasteiger partial charge on any atom is 0.146 e. The van der Waals surface area contributed by atoms with E-state index in [4.69, 9.17) is 0 Å². The average Bonchev–Trinajstić information content (AvgIpc) is 2.78. The number of anilines is 1. The zero-order chi connectivity index (χ0) is 9.71. The second-order valence-electron chi connectivity index (χ2n) is 4.30. The van der Waals surface area contributed by atoms with E-state index < -0.39 is 0 Å². The van der Waals surface area contributed by atoms with Crippen LogP contribution in [0.5, 0.6) is 0 Å². The minimum absolute atomic E-state index is 0.121. The summed E-state index contributed by atoms with van der Waals surface area (Å²) < 4.78 is 13.5. The van der Waals surface area contributed by atoms with Gasteiger partial charge < -0.3 is 4.90 Å². The van der Waals surface area contributed by atoms with Gasteiger partial charge in [0.05, 0.1) is 5.69 Å². The molecule has 74 valence electrons. The van der Waals surface area contributed by atoms with Crippen molar-refractivity contribution in [1.29, 1.82) is 0 Å². The van der Waals surface area contributed by atoms with E-state index in [-0.39, 0.29) is 5.82 Å². The quantitative estimate of drug-likeness (QED) is 0.696. The molecular weight excluding hydrogens is 197 g/mol. The highest BCUT2D eigenvalue weighted by atomic mass is 32.1. The van der Waals surface area contributed by atoms with Gasteiger partial charge in [-0.15, -0.1) is 12.6 Å². The third kappa shape index (κ3) is 1.31. The number of piperidine rings is 1. The third-order valence-corrected chi connectivity index (χ3v) is 3.53. The summed E-state index contributed by atoms with van der Waals surface area (Å²) in [5.41, 5.74) is 0.727. The van der Waals surface area contributed by atoms with Crippen molar-refractivity contribution >= 4 is 18.3 Å². The summed E-state index contributed by atoms with van der Waals surface area (Å²) in [6.45, 7) is 2.05. The summed E-state index contributed by atoms with van der Waals surface area (Å²) in [6.07, 6.45) is 1.35. The molecule has 0 amide bonds. The zero-order valence-corrected chi connectivity index (χ0v) is 8.67. The average molecular weight is 209 g/mol. The molecule has 3 heteroatoms. The van der Waals surface area contributed by atoms with Gasteiger partial charge in [0.1, 0.15) is 5.82 Å². The van der Waals surface area contributed by atoms with Crippen LogP contribution in [0.3, 0.4) is 0 Å². The molecule has 1 saturated carbocycles. The van der Waals surface area contributed by atoms with Crippen LogP contribution in [-0.4, -0.2) is 13.1 Å². The number of rotatable bonds is 1. The molecule has 1 nitrogen and oxygen atoms in total. The molecule has 2 aliphatic rings. The van der Waals surface area contributed by atoms with Gasteiger partial charge in [0, 0.05) is 18.0 Å². The van der Waals surface area contributed by atoms with Crippen molar-refractivity contribution in [2.45, 2.75) is 11.3 Å². The van der Waals surface area contributed by atoms with Gasteiger partial charge in [-0.3, -0.25) is 0 Å². The molecule has 0 aromatic heterocycles. The predicted octanol–water partition coefficient (Wildman–Crippen LogP) is 2.57. The lowest BCUT2D eigenvalue weighted by Gasteiger charge is -2.21. The maximum absolute atomic E-state index is 13.5. The molecule has 0 bridgehead atoms. The first-order valence-electron chi connectivity index (χ1n) is 4.97. The molecule has 0 radical (unpaired) electrons.